The monoisotopic (exact) mass is 241 g/mol. The van der Waals surface area contributed by atoms with Gasteiger partial charge in [-0.15, -0.1) is 0 Å². The fraction of sp³-hybridized carbons (Fsp3) is 0.800. The maximum absolute atomic E-state index is 9.29. The molecule has 0 bridgehead atoms. The van der Waals surface area contributed by atoms with Crippen LogP contribution in [0.4, 0.5) is 5.13 Å². The second-order valence-electron chi connectivity index (χ2n) is 4.31. The Morgan fingerprint density at radius 1 is 1.50 bits per heavy atom. The van der Waals surface area contributed by atoms with Crippen LogP contribution in [-0.4, -0.2) is 46.9 Å². The van der Waals surface area contributed by atoms with Gasteiger partial charge in [-0.3, -0.25) is 0 Å². The third-order valence-electron chi connectivity index (χ3n) is 3.06. The first-order valence-corrected chi connectivity index (χ1v) is 6.44. The summed E-state index contributed by atoms with van der Waals surface area (Å²) in [6.07, 6.45) is 2.45. The van der Waals surface area contributed by atoms with Crippen LogP contribution in [0.1, 0.15) is 24.6 Å². The van der Waals surface area contributed by atoms with E-state index >= 15 is 0 Å². The lowest BCUT2D eigenvalue weighted by Crippen LogP contribution is -2.47. The van der Waals surface area contributed by atoms with Crippen LogP contribution in [-0.2, 0) is 4.74 Å². The van der Waals surface area contributed by atoms with Crippen molar-refractivity contribution in [2.45, 2.75) is 24.8 Å². The molecule has 1 aliphatic heterocycles. The molecule has 1 saturated carbocycles. The van der Waals surface area contributed by atoms with Crippen molar-refractivity contribution in [3.05, 3.63) is 5.82 Å². The molecule has 0 amide bonds. The van der Waals surface area contributed by atoms with Gasteiger partial charge in [0.1, 0.15) is 5.82 Å². The number of aliphatic hydroxyl groups excluding tert-OH is 1. The average molecular weight is 241 g/mol. The van der Waals surface area contributed by atoms with E-state index in [2.05, 4.69) is 14.3 Å². The quantitative estimate of drug-likeness (QED) is 0.840. The molecule has 2 aliphatic rings. The molecular formula is C10H15N3O2S. The summed E-state index contributed by atoms with van der Waals surface area (Å²) in [5.41, 5.74) is 0. The maximum Gasteiger partial charge on any atom is 0.205 e. The Morgan fingerprint density at radius 3 is 3.12 bits per heavy atom. The fourth-order valence-electron chi connectivity index (χ4n) is 1.91. The summed E-state index contributed by atoms with van der Waals surface area (Å²) in [7, 11) is 0. The minimum Gasteiger partial charge on any atom is -0.394 e. The number of aromatic nitrogens is 2. The molecule has 5 nitrogen and oxygen atoms in total. The van der Waals surface area contributed by atoms with Crippen LogP contribution in [0.3, 0.4) is 0 Å². The molecule has 1 aliphatic carbocycles. The molecule has 0 spiro atoms. The number of anilines is 1. The number of hydrogen-bond acceptors (Lipinski definition) is 6. The zero-order chi connectivity index (χ0) is 11.0. The van der Waals surface area contributed by atoms with Crippen LogP contribution in [0.15, 0.2) is 0 Å². The lowest BCUT2D eigenvalue weighted by molar-refractivity contribution is 0.0727. The number of aliphatic hydroxyl groups is 1. The Labute approximate surface area is 98.2 Å². The van der Waals surface area contributed by atoms with Crippen LogP contribution < -0.4 is 4.90 Å². The molecule has 6 heteroatoms. The first-order chi connectivity index (χ1) is 7.88. The number of morpholine rings is 1. The summed E-state index contributed by atoms with van der Waals surface area (Å²) in [6.45, 7) is 2.19. The van der Waals surface area contributed by atoms with Crippen LogP contribution in [0.25, 0.3) is 0 Å². The SMILES string of the molecule is OCC1COCCN1c1nc(C2CC2)ns1. The van der Waals surface area contributed by atoms with Gasteiger partial charge < -0.3 is 14.7 Å². The van der Waals surface area contributed by atoms with Gasteiger partial charge in [0.2, 0.25) is 5.13 Å². The number of nitrogens with zero attached hydrogens (tertiary/aromatic N) is 3. The van der Waals surface area contributed by atoms with Gasteiger partial charge in [-0.25, -0.2) is 4.98 Å². The minimum atomic E-state index is 0.0359. The van der Waals surface area contributed by atoms with Crippen molar-refractivity contribution in [1.82, 2.24) is 9.36 Å². The molecule has 1 aromatic heterocycles. The van der Waals surface area contributed by atoms with E-state index in [9.17, 15) is 5.11 Å². The number of hydrogen-bond donors (Lipinski definition) is 1. The van der Waals surface area contributed by atoms with Gasteiger partial charge in [0.05, 0.1) is 25.9 Å². The standard InChI is InChI=1S/C10H15N3O2S/c14-5-8-6-15-4-3-13(8)10-11-9(12-16-10)7-1-2-7/h7-8,14H,1-6H2. The smallest absolute Gasteiger partial charge is 0.205 e. The molecule has 0 aromatic carbocycles. The van der Waals surface area contributed by atoms with E-state index in [4.69, 9.17) is 4.74 Å². The lowest BCUT2D eigenvalue weighted by Gasteiger charge is -2.33. The molecule has 1 atom stereocenters. The molecule has 1 saturated heterocycles. The van der Waals surface area contributed by atoms with Crippen molar-refractivity contribution in [2.24, 2.45) is 0 Å². The molecule has 3 rings (SSSR count). The normalized spacial score (nSPS) is 26.1. The lowest BCUT2D eigenvalue weighted by atomic mass is 10.2. The van der Waals surface area contributed by atoms with Gasteiger partial charge in [-0.1, -0.05) is 0 Å². The first-order valence-electron chi connectivity index (χ1n) is 5.67. The Balaban J connectivity index is 1.77. The first kappa shape index (κ1) is 10.4. The number of rotatable bonds is 3. The molecule has 1 N–H and O–H groups in total. The molecule has 2 fully saturated rings. The largest absolute Gasteiger partial charge is 0.394 e. The summed E-state index contributed by atoms with van der Waals surface area (Å²) in [6, 6.07) is 0.0359. The number of ether oxygens (including phenoxy) is 1. The van der Waals surface area contributed by atoms with Crippen molar-refractivity contribution in [3.63, 3.8) is 0 Å². The molecule has 2 heterocycles. The Morgan fingerprint density at radius 2 is 2.38 bits per heavy atom. The van der Waals surface area contributed by atoms with Crippen LogP contribution >= 0.6 is 11.5 Å². The third kappa shape index (κ3) is 1.92. The van der Waals surface area contributed by atoms with Crippen molar-refractivity contribution in [2.75, 3.05) is 31.3 Å². The van der Waals surface area contributed by atoms with Crippen LogP contribution in [0.5, 0.6) is 0 Å². The topological polar surface area (TPSA) is 58.5 Å². The predicted octanol–water partition coefficient (Wildman–Crippen LogP) is 0.613. The highest BCUT2D eigenvalue weighted by atomic mass is 32.1. The van der Waals surface area contributed by atoms with Gasteiger partial charge in [-0.2, -0.15) is 4.37 Å². The Hall–Kier alpha value is -0.720. The third-order valence-corrected chi connectivity index (χ3v) is 3.82. The predicted molar refractivity (Wildman–Crippen MR) is 60.9 cm³/mol. The van der Waals surface area contributed by atoms with Gasteiger partial charge in [0.25, 0.3) is 0 Å². The summed E-state index contributed by atoms with van der Waals surface area (Å²) in [5, 5.41) is 10.2. The highest BCUT2D eigenvalue weighted by Crippen LogP contribution is 2.39. The second kappa shape index (κ2) is 4.27. The van der Waals surface area contributed by atoms with Crippen molar-refractivity contribution >= 4 is 16.7 Å². The minimum absolute atomic E-state index is 0.0359. The summed E-state index contributed by atoms with van der Waals surface area (Å²) in [5.74, 6) is 1.58. The second-order valence-corrected chi connectivity index (χ2v) is 5.04. The van der Waals surface area contributed by atoms with E-state index in [0.29, 0.717) is 19.1 Å². The van der Waals surface area contributed by atoms with Crippen molar-refractivity contribution in [3.8, 4) is 0 Å². The Kier molecular flexibility index (Phi) is 2.79. The molecular weight excluding hydrogens is 226 g/mol. The van der Waals surface area contributed by atoms with E-state index < -0.39 is 0 Å². The van der Waals surface area contributed by atoms with E-state index in [1.807, 2.05) is 0 Å². The van der Waals surface area contributed by atoms with E-state index in [0.717, 1.165) is 17.5 Å². The highest BCUT2D eigenvalue weighted by Gasteiger charge is 2.30. The summed E-state index contributed by atoms with van der Waals surface area (Å²) >= 11 is 1.44. The zero-order valence-corrected chi connectivity index (χ0v) is 9.82. The Bertz CT molecular complexity index is 367. The fourth-order valence-corrected chi connectivity index (χ4v) is 2.75. The molecule has 1 unspecified atom stereocenters. The molecule has 16 heavy (non-hydrogen) atoms. The van der Waals surface area contributed by atoms with E-state index in [1.54, 1.807) is 0 Å². The maximum atomic E-state index is 9.29. The highest BCUT2D eigenvalue weighted by molar-refractivity contribution is 7.09. The molecule has 1 aromatic rings. The summed E-state index contributed by atoms with van der Waals surface area (Å²) in [4.78, 5) is 6.68. The summed E-state index contributed by atoms with van der Waals surface area (Å²) < 4.78 is 9.73. The van der Waals surface area contributed by atoms with Gasteiger partial charge in [0.15, 0.2) is 0 Å². The average Bonchev–Trinajstić information content (AvgIpc) is 3.07. The van der Waals surface area contributed by atoms with Crippen molar-refractivity contribution in [1.29, 1.82) is 0 Å². The van der Waals surface area contributed by atoms with Crippen LogP contribution in [0, 0.1) is 0 Å². The molecule has 0 radical (unpaired) electrons. The molecule has 88 valence electrons. The van der Waals surface area contributed by atoms with Gasteiger partial charge >= 0.3 is 0 Å². The van der Waals surface area contributed by atoms with E-state index in [1.165, 1.54) is 24.4 Å². The van der Waals surface area contributed by atoms with Crippen LogP contribution in [0.2, 0.25) is 0 Å². The van der Waals surface area contributed by atoms with E-state index in [-0.39, 0.29) is 12.6 Å². The van der Waals surface area contributed by atoms with Crippen molar-refractivity contribution < 1.29 is 9.84 Å². The van der Waals surface area contributed by atoms with Gasteiger partial charge in [0, 0.05) is 24.0 Å². The zero-order valence-electron chi connectivity index (χ0n) is 9.00. The van der Waals surface area contributed by atoms with Gasteiger partial charge in [-0.05, 0) is 12.8 Å².